The van der Waals surface area contributed by atoms with Gasteiger partial charge in [0, 0.05) is 38.8 Å². The number of aromatic hydroxyl groups is 1. The molecule has 21 heavy (non-hydrogen) atoms. The van der Waals surface area contributed by atoms with E-state index in [2.05, 4.69) is 23.6 Å². The smallest absolute Gasteiger partial charge is 0.161 e. The molecule has 0 radical (unpaired) electrons. The third kappa shape index (κ3) is 4.35. The van der Waals surface area contributed by atoms with Crippen LogP contribution in [0.4, 0.5) is 0 Å². The van der Waals surface area contributed by atoms with E-state index in [0.29, 0.717) is 18.4 Å². The maximum Gasteiger partial charge on any atom is 0.161 e. The number of ether oxygens (including phenoxy) is 1. The second kappa shape index (κ2) is 7.66. The summed E-state index contributed by atoms with van der Waals surface area (Å²) in [6, 6.07) is 6.36. The fourth-order valence-corrected chi connectivity index (χ4v) is 2.81. The van der Waals surface area contributed by atoms with Crippen molar-refractivity contribution in [2.24, 2.45) is 0 Å². The largest absolute Gasteiger partial charge is 0.504 e. The van der Waals surface area contributed by atoms with Crippen LogP contribution < -0.4 is 4.74 Å². The van der Waals surface area contributed by atoms with Crippen molar-refractivity contribution in [1.82, 2.24) is 9.80 Å². The minimum atomic E-state index is 0.224. The van der Waals surface area contributed by atoms with Gasteiger partial charge >= 0.3 is 0 Å². The molecule has 118 valence electrons. The highest BCUT2D eigenvalue weighted by Crippen LogP contribution is 2.27. The van der Waals surface area contributed by atoms with E-state index in [-0.39, 0.29) is 5.75 Å². The van der Waals surface area contributed by atoms with Crippen molar-refractivity contribution in [2.45, 2.75) is 39.8 Å². The SMILES string of the molecule is CCOc1cc(CN2CCN(C(C)CC)CC2)ccc1O. The maximum atomic E-state index is 9.75. The number of hydrogen-bond acceptors (Lipinski definition) is 4. The number of piperazine rings is 1. The lowest BCUT2D eigenvalue weighted by atomic mass is 10.1. The summed E-state index contributed by atoms with van der Waals surface area (Å²) in [6.45, 7) is 12.5. The van der Waals surface area contributed by atoms with Crippen LogP contribution in [0.1, 0.15) is 32.8 Å². The molecule has 0 aliphatic carbocycles. The highest BCUT2D eigenvalue weighted by Gasteiger charge is 2.20. The Morgan fingerprint density at radius 1 is 1.19 bits per heavy atom. The topological polar surface area (TPSA) is 35.9 Å². The predicted molar refractivity (Wildman–Crippen MR) is 85.9 cm³/mol. The van der Waals surface area contributed by atoms with Crippen LogP contribution >= 0.6 is 0 Å². The molecule has 1 fully saturated rings. The van der Waals surface area contributed by atoms with E-state index in [9.17, 15) is 5.11 Å². The minimum Gasteiger partial charge on any atom is -0.504 e. The van der Waals surface area contributed by atoms with Crippen LogP contribution in [0, 0.1) is 0 Å². The summed E-state index contributed by atoms with van der Waals surface area (Å²) in [5.74, 6) is 0.815. The van der Waals surface area contributed by atoms with E-state index < -0.39 is 0 Å². The lowest BCUT2D eigenvalue weighted by Gasteiger charge is -2.37. The molecule has 0 aromatic heterocycles. The Kier molecular flexibility index (Phi) is 5.88. The summed E-state index contributed by atoms with van der Waals surface area (Å²) in [5, 5.41) is 9.75. The van der Waals surface area contributed by atoms with Gasteiger partial charge in [-0.25, -0.2) is 0 Å². The summed E-state index contributed by atoms with van der Waals surface area (Å²) in [5.41, 5.74) is 1.20. The third-order valence-corrected chi connectivity index (χ3v) is 4.35. The molecule has 1 aromatic carbocycles. The van der Waals surface area contributed by atoms with Crippen molar-refractivity contribution in [3.05, 3.63) is 23.8 Å². The van der Waals surface area contributed by atoms with Crippen molar-refractivity contribution in [1.29, 1.82) is 0 Å². The van der Waals surface area contributed by atoms with E-state index in [4.69, 9.17) is 4.74 Å². The molecule has 1 saturated heterocycles. The molecule has 0 amide bonds. The van der Waals surface area contributed by atoms with Gasteiger partial charge in [-0.2, -0.15) is 0 Å². The zero-order valence-electron chi connectivity index (χ0n) is 13.5. The Morgan fingerprint density at radius 2 is 1.90 bits per heavy atom. The quantitative estimate of drug-likeness (QED) is 0.874. The van der Waals surface area contributed by atoms with E-state index in [1.807, 2.05) is 19.1 Å². The predicted octanol–water partition coefficient (Wildman–Crippen LogP) is 2.71. The van der Waals surface area contributed by atoms with E-state index >= 15 is 0 Å². The van der Waals surface area contributed by atoms with Crippen LogP contribution in [0.5, 0.6) is 11.5 Å². The van der Waals surface area contributed by atoms with Crippen molar-refractivity contribution in [3.8, 4) is 11.5 Å². The van der Waals surface area contributed by atoms with Crippen molar-refractivity contribution in [3.63, 3.8) is 0 Å². The van der Waals surface area contributed by atoms with Gasteiger partial charge in [0.1, 0.15) is 0 Å². The van der Waals surface area contributed by atoms with Crippen molar-refractivity contribution >= 4 is 0 Å². The second-order valence-corrected chi connectivity index (χ2v) is 5.80. The normalized spacial score (nSPS) is 18.6. The number of hydrogen-bond donors (Lipinski definition) is 1. The van der Waals surface area contributed by atoms with Crippen LogP contribution in [0.2, 0.25) is 0 Å². The fourth-order valence-electron chi connectivity index (χ4n) is 2.81. The fraction of sp³-hybridized carbons (Fsp3) is 0.647. The molecular formula is C17H28N2O2. The first-order chi connectivity index (χ1) is 10.1. The Hall–Kier alpha value is -1.26. The number of rotatable bonds is 6. The minimum absolute atomic E-state index is 0.224. The van der Waals surface area contributed by atoms with Gasteiger partial charge in [0.15, 0.2) is 11.5 Å². The lowest BCUT2D eigenvalue weighted by Crippen LogP contribution is -2.48. The van der Waals surface area contributed by atoms with Crippen LogP contribution in [-0.4, -0.2) is 53.7 Å². The zero-order chi connectivity index (χ0) is 15.2. The maximum absolute atomic E-state index is 9.75. The molecule has 1 heterocycles. The molecular weight excluding hydrogens is 264 g/mol. The van der Waals surface area contributed by atoms with Crippen molar-refractivity contribution in [2.75, 3.05) is 32.8 Å². The average Bonchev–Trinajstić information content (AvgIpc) is 2.51. The molecule has 4 heteroatoms. The number of benzene rings is 1. The zero-order valence-corrected chi connectivity index (χ0v) is 13.5. The Balaban J connectivity index is 1.90. The monoisotopic (exact) mass is 292 g/mol. The molecule has 0 spiro atoms. The van der Waals surface area contributed by atoms with Crippen LogP contribution in [0.25, 0.3) is 0 Å². The van der Waals surface area contributed by atoms with Gasteiger partial charge in [0.05, 0.1) is 6.61 Å². The Morgan fingerprint density at radius 3 is 2.52 bits per heavy atom. The molecule has 1 N–H and O–H groups in total. The number of phenolic OH excluding ortho intramolecular Hbond substituents is 1. The third-order valence-electron chi connectivity index (χ3n) is 4.35. The van der Waals surface area contributed by atoms with E-state index in [1.165, 1.54) is 12.0 Å². The van der Waals surface area contributed by atoms with Crippen LogP contribution in [0.3, 0.4) is 0 Å². The van der Waals surface area contributed by atoms with Crippen molar-refractivity contribution < 1.29 is 9.84 Å². The molecule has 1 aromatic rings. The summed E-state index contributed by atoms with van der Waals surface area (Å²) in [6.07, 6.45) is 1.22. The highest BCUT2D eigenvalue weighted by molar-refractivity contribution is 5.41. The van der Waals surface area contributed by atoms with Gasteiger partial charge in [0.2, 0.25) is 0 Å². The van der Waals surface area contributed by atoms with Gasteiger partial charge < -0.3 is 9.84 Å². The number of phenols is 1. The molecule has 0 bridgehead atoms. The summed E-state index contributed by atoms with van der Waals surface area (Å²) in [4.78, 5) is 5.04. The average molecular weight is 292 g/mol. The van der Waals surface area contributed by atoms with Crippen LogP contribution in [0.15, 0.2) is 18.2 Å². The van der Waals surface area contributed by atoms with E-state index in [1.54, 1.807) is 6.07 Å². The molecule has 1 atom stereocenters. The van der Waals surface area contributed by atoms with Gasteiger partial charge in [-0.05, 0) is 38.0 Å². The van der Waals surface area contributed by atoms with E-state index in [0.717, 1.165) is 32.7 Å². The first-order valence-electron chi connectivity index (χ1n) is 8.05. The summed E-state index contributed by atoms with van der Waals surface area (Å²) in [7, 11) is 0. The standard InChI is InChI=1S/C17H28N2O2/c1-4-14(3)19-10-8-18(9-11-19)13-15-6-7-16(20)17(12-15)21-5-2/h6-7,12,14,20H,4-5,8-11,13H2,1-3H3. The molecule has 2 rings (SSSR count). The van der Waals surface area contributed by atoms with Gasteiger partial charge in [-0.1, -0.05) is 13.0 Å². The second-order valence-electron chi connectivity index (χ2n) is 5.80. The first-order valence-corrected chi connectivity index (χ1v) is 8.05. The molecule has 1 unspecified atom stereocenters. The highest BCUT2D eigenvalue weighted by atomic mass is 16.5. The molecule has 0 saturated carbocycles. The Bertz CT molecular complexity index is 442. The van der Waals surface area contributed by atoms with Gasteiger partial charge in [0.25, 0.3) is 0 Å². The van der Waals surface area contributed by atoms with Crippen LogP contribution in [-0.2, 0) is 6.54 Å². The summed E-state index contributed by atoms with van der Waals surface area (Å²) < 4.78 is 5.45. The molecule has 4 nitrogen and oxygen atoms in total. The Labute approximate surface area is 128 Å². The molecule has 1 aliphatic heterocycles. The summed E-state index contributed by atoms with van der Waals surface area (Å²) >= 11 is 0. The lowest BCUT2D eigenvalue weighted by molar-refractivity contribution is 0.0963. The first kappa shape index (κ1) is 16.1. The van der Waals surface area contributed by atoms with Gasteiger partial charge in [-0.3, -0.25) is 9.80 Å². The van der Waals surface area contributed by atoms with Gasteiger partial charge in [-0.15, -0.1) is 0 Å². The molecule has 1 aliphatic rings. The number of nitrogens with zero attached hydrogens (tertiary/aromatic N) is 2.